The fraction of sp³-hybridized carbons (Fsp3) is 0.357. The highest BCUT2D eigenvalue weighted by molar-refractivity contribution is 7.89. The summed E-state index contributed by atoms with van der Waals surface area (Å²) in [4.78, 5) is 4.42. The predicted molar refractivity (Wildman–Crippen MR) is 75.8 cm³/mol. The SMILES string of the molecule is O=S(=O)(c1ccc2cnccc2c1)N1C[C@@H]2C[C@H]1CN2. The molecule has 2 aromatic rings. The number of hydrogen-bond acceptors (Lipinski definition) is 4. The van der Waals surface area contributed by atoms with Crippen molar-refractivity contribution in [3.05, 3.63) is 36.7 Å². The summed E-state index contributed by atoms with van der Waals surface area (Å²) in [5, 5.41) is 5.19. The maximum atomic E-state index is 12.8. The van der Waals surface area contributed by atoms with Crippen molar-refractivity contribution in [3.8, 4) is 0 Å². The number of nitrogens with one attached hydrogen (secondary N) is 1. The van der Waals surface area contributed by atoms with Gasteiger partial charge in [0.15, 0.2) is 0 Å². The minimum Gasteiger partial charge on any atom is -0.311 e. The Morgan fingerprint density at radius 1 is 1.25 bits per heavy atom. The van der Waals surface area contributed by atoms with E-state index >= 15 is 0 Å². The van der Waals surface area contributed by atoms with Crippen LogP contribution >= 0.6 is 0 Å². The standard InChI is InChI=1S/C14H15N3O2S/c18-20(19,17-9-12-6-13(17)8-16-12)14-2-1-11-7-15-4-3-10(11)5-14/h1-5,7,12-13,16H,6,8-9H2/t12-,13-/m0/s1. The number of sulfonamides is 1. The first-order chi connectivity index (χ1) is 9.64. The number of fused-ring (bicyclic) bond motifs is 3. The van der Waals surface area contributed by atoms with Crippen molar-refractivity contribution >= 4 is 20.8 Å². The van der Waals surface area contributed by atoms with Crippen LogP contribution in [0.15, 0.2) is 41.6 Å². The Hall–Kier alpha value is -1.50. The molecule has 2 fully saturated rings. The molecule has 5 nitrogen and oxygen atoms in total. The Morgan fingerprint density at radius 2 is 2.15 bits per heavy atom. The molecule has 1 N–H and O–H groups in total. The van der Waals surface area contributed by atoms with Gasteiger partial charge in [-0.05, 0) is 30.0 Å². The largest absolute Gasteiger partial charge is 0.311 e. The zero-order valence-electron chi connectivity index (χ0n) is 10.9. The molecule has 3 heterocycles. The molecule has 104 valence electrons. The van der Waals surface area contributed by atoms with Gasteiger partial charge in [0.05, 0.1) is 4.90 Å². The molecule has 0 saturated carbocycles. The average Bonchev–Trinajstić information content (AvgIpc) is 3.09. The molecule has 0 spiro atoms. The van der Waals surface area contributed by atoms with Crippen LogP contribution in [0.25, 0.3) is 10.8 Å². The van der Waals surface area contributed by atoms with Crippen molar-refractivity contribution in [1.29, 1.82) is 0 Å². The highest BCUT2D eigenvalue weighted by atomic mass is 32.2. The molecule has 2 saturated heterocycles. The van der Waals surface area contributed by atoms with E-state index in [1.807, 2.05) is 12.1 Å². The van der Waals surface area contributed by atoms with Crippen molar-refractivity contribution in [2.75, 3.05) is 13.1 Å². The number of rotatable bonds is 2. The van der Waals surface area contributed by atoms with Crippen LogP contribution in [0.4, 0.5) is 0 Å². The Morgan fingerprint density at radius 3 is 2.90 bits per heavy atom. The maximum absolute atomic E-state index is 12.8. The maximum Gasteiger partial charge on any atom is 0.243 e. The van der Waals surface area contributed by atoms with E-state index in [1.54, 1.807) is 28.8 Å². The first-order valence-corrected chi connectivity index (χ1v) is 8.17. The van der Waals surface area contributed by atoms with Crippen molar-refractivity contribution < 1.29 is 8.42 Å². The van der Waals surface area contributed by atoms with Crippen LogP contribution in [0.2, 0.25) is 0 Å². The first kappa shape index (κ1) is 12.3. The summed E-state index contributed by atoms with van der Waals surface area (Å²) in [6.45, 7) is 1.35. The molecule has 2 aliphatic rings. The lowest BCUT2D eigenvalue weighted by Gasteiger charge is -2.26. The van der Waals surface area contributed by atoms with E-state index in [2.05, 4.69) is 10.3 Å². The zero-order chi connectivity index (χ0) is 13.7. The third-order valence-electron chi connectivity index (χ3n) is 4.22. The monoisotopic (exact) mass is 289 g/mol. The molecule has 4 rings (SSSR count). The second-order valence-electron chi connectivity index (χ2n) is 5.45. The number of hydrogen-bond donors (Lipinski definition) is 1. The molecule has 2 bridgehead atoms. The molecule has 0 aliphatic carbocycles. The zero-order valence-corrected chi connectivity index (χ0v) is 11.7. The van der Waals surface area contributed by atoms with Gasteiger partial charge in [-0.2, -0.15) is 4.31 Å². The van der Waals surface area contributed by atoms with Gasteiger partial charge in [0.25, 0.3) is 0 Å². The van der Waals surface area contributed by atoms with Gasteiger partial charge < -0.3 is 5.32 Å². The average molecular weight is 289 g/mol. The van der Waals surface area contributed by atoms with Gasteiger partial charge in [-0.25, -0.2) is 8.42 Å². The van der Waals surface area contributed by atoms with Gasteiger partial charge in [-0.15, -0.1) is 0 Å². The highest BCUT2D eigenvalue weighted by Gasteiger charge is 2.44. The van der Waals surface area contributed by atoms with Gasteiger partial charge in [0.2, 0.25) is 10.0 Å². The third-order valence-corrected chi connectivity index (χ3v) is 6.14. The number of aromatic nitrogens is 1. The molecule has 1 aromatic carbocycles. The Balaban J connectivity index is 1.77. The van der Waals surface area contributed by atoms with Gasteiger partial charge >= 0.3 is 0 Å². The molecule has 0 unspecified atom stereocenters. The molecular formula is C14H15N3O2S. The summed E-state index contributed by atoms with van der Waals surface area (Å²) in [7, 11) is -3.39. The van der Waals surface area contributed by atoms with Crippen LogP contribution in [0.1, 0.15) is 6.42 Å². The number of benzene rings is 1. The summed E-state index contributed by atoms with van der Waals surface area (Å²) < 4.78 is 27.2. The summed E-state index contributed by atoms with van der Waals surface area (Å²) in [6.07, 6.45) is 4.35. The highest BCUT2D eigenvalue weighted by Crippen LogP contribution is 2.30. The lowest BCUT2D eigenvalue weighted by Crippen LogP contribution is -2.46. The van der Waals surface area contributed by atoms with Crippen LogP contribution in [-0.2, 0) is 10.0 Å². The van der Waals surface area contributed by atoms with E-state index in [1.165, 1.54) is 0 Å². The Kier molecular flexibility index (Phi) is 2.60. The molecular weight excluding hydrogens is 274 g/mol. The summed E-state index contributed by atoms with van der Waals surface area (Å²) >= 11 is 0. The quantitative estimate of drug-likeness (QED) is 0.895. The minimum absolute atomic E-state index is 0.109. The van der Waals surface area contributed by atoms with Crippen LogP contribution in [-0.4, -0.2) is 42.9 Å². The summed E-state index contributed by atoms with van der Waals surface area (Å²) in [6, 6.07) is 7.51. The van der Waals surface area contributed by atoms with E-state index in [-0.39, 0.29) is 6.04 Å². The smallest absolute Gasteiger partial charge is 0.243 e. The summed E-state index contributed by atoms with van der Waals surface area (Å²) in [5.74, 6) is 0. The van der Waals surface area contributed by atoms with E-state index in [0.717, 1.165) is 23.7 Å². The van der Waals surface area contributed by atoms with E-state index < -0.39 is 10.0 Å². The Bertz CT molecular complexity index is 775. The van der Waals surface area contributed by atoms with Gasteiger partial charge in [0, 0.05) is 43.0 Å². The molecule has 2 atom stereocenters. The van der Waals surface area contributed by atoms with Gasteiger partial charge in [-0.3, -0.25) is 4.98 Å². The fourth-order valence-corrected chi connectivity index (χ4v) is 4.89. The van der Waals surface area contributed by atoms with Crippen LogP contribution < -0.4 is 5.32 Å². The van der Waals surface area contributed by atoms with E-state index in [4.69, 9.17) is 0 Å². The van der Waals surface area contributed by atoms with Crippen molar-refractivity contribution in [2.45, 2.75) is 23.4 Å². The first-order valence-electron chi connectivity index (χ1n) is 6.73. The van der Waals surface area contributed by atoms with Crippen molar-refractivity contribution in [2.24, 2.45) is 0 Å². The third kappa shape index (κ3) is 1.76. The predicted octanol–water partition coefficient (Wildman–Crippen LogP) is 0.970. The number of nitrogens with zero attached hydrogens (tertiary/aromatic N) is 2. The van der Waals surface area contributed by atoms with E-state index in [0.29, 0.717) is 17.5 Å². The molecule has 20 heavy (non-hydrogen) atoms. The molecule has 6 heteroatoms. The van der Waals surface area contributed by atoms with Crippen LogP contribution in [0, 0.1) is 0 Å². The summed E-state index contributed by atoms with van der Waals surface area (Å²) in [5.41, 5.74) is 0. The van der Waals surface area contributed by atoms with Gasteiger partial charge in [0.1, 0.15) is 0 Å². The minimum atomic E-state index is -3.39. The van der Waals surface area contributed by atoms with Gasteiger partial charge in [-0.1, -0.05) is 6.07 Å². The molecule has 0 amide bonds. The normalized spacial score (nSPS) is 26.4. The fourth-order valence-electron chi connectivity index (χ4n) is 3.17. The van der Waals surface area contributed by atoms with Crippen molar-refractivity contribution in [3.63, 3.8) is 0 Å². The van der Waals surface area contributed by atoms with E-state index in [9.17, 15) is 8.42 Å². The topological polar surface area (TPSA) is 62.3 Å². The number of pyridine rings is 1. The van der Waals surface area contributed by atoms with Crippen molar-refractivity contribution in [1.82, 2.24) is 14.6 Å². The second kappa shape index (κ2) is 4.25. The lowest BCUT2D eigenvalue weighted by atomic mass is 10.2. The number of piperazine rings is 1. The second-order valence-corrected chi connectivity index (χ2v) is 7.34. The molecule has 2 aliphatic heterocycles. The van der Waals surface area contributed by atoms with Crippen LogP contribution in [0.5, 0.6) is 0 Å². The molecule has 1 aromatic heterocycles. The van der Waals surface area contributed by atoms with Crippen LogP contribution in [0.3, 0.4) is 0 Å². The lowest BCUT2D eigenvalue weighted by molar-refractivity contribution is 0.349. The molecule has 0 radical (unpaired) electrons. The Labute approximate surface area is 117 Å².